The topological polar surface area (TPSA) is 87.5 Å². The van der Waals surface area contributed by atoms with Crippen LogP contribution in [-0.4, -0.2) is 66.7 Å². The van der Waals surface area contributed by atoms with Crippen LogP contribution >= 0.6 is 0 Å². The molecule has 0 spiro atoms. The minimum atomic E-state index is -0.292. The van der Waals surface area contributed by atoms with E-state index < -0.39 is 0 Å². The summed E-state index contributed by atoms with van der Waals surface area (Å²) < 4.78 is 7.86. The minimum Gasteiger partial charge on any atom is -0.494 e. The average Bonchev–Trinajstić information content (AvgIpc) is 3.24. The number of benzene rings is 2. The summed E-state index contributed by atoms with van der Waals surface area (Å²) in [6.07, 6.45) is 4.90. The summed E-state index contributed by atoms with van der Waals surface area (Å²) in [5, 5.41) is 7.48. The third kappa shape index (κ3) is 5.47. The first-order chi connectivity index (χ1) is 18.2. The van der Waals surface area contributed by atoms with E-state index >= 15 is 0 Å². The molecule has 9 heteroatoms. The van der Waals surface area contributed by atoms with Crippen molar-refractivity contribution in [2.75, 3.05) is 56.9 Å². The molecule has 4 rings (SSSR count). The Hall–Kier alpha value is -4.37. The SMILES string of the molecule is C=CC(=O)Nc1cc(Nc2ncnc(-c3cn(C)c4ccccc34)c2C)c(OC)cc1N(C)CCN(C)C. The number of methoxy groups -OCH3 is 1. The highest BCUT2D eigenvalue weighted by atomic mass is 16.5. The zero-order valence-electron chi connectivity index (χ0n) is 22.9. The lowest BCUT2D eigenvalue weighted by Crippen LogP contribution is -2.29. The van der Waals surface area contributed by atoms with E-state index in [0.29, 0.717) is 22.9 Å². The molecule has 0 radical (unpaired) electrons. The van der Waals surface area contributed by atoms with Crippen molar-refractivity contribution in [3.05, 3.63) is 67.1 Å². The Labute approximate surface area is 223 Å². The van der Waals surface area contributed by atoms with Crippen molar-refractivity contribution in [3.8, 4) is 17.0 Å². The van der Waals surface area contributed by atoms with E-state index in [-0.39, 0.29) is 5.91 Å². The fourth-order valence-corrected chi connectivity index (χ4v) is 4.41. The van der Waals surface area contributed by atoms with E-state index in [1.807, 2.05) is 59.4 Å². The van der Waals surface area contributed by atoms with Gasteiger partial charge >= 0.3 is 0 Å². The summed E-state index contributed by atoms with van der Waals surface area (Å²) >= 11 is 0. The number of aromatic nitrogens is 3. The monoisotopic (exact) mass is 513 g/mol. The van der Waals surface area contributed by atoms with Gasteiger partial charge in [0.2, 0.25) is 5.91 Å². The number of aryl methyl sites for hydroxylation is 1. The summed E-state index contributed by atoms with van der Waals surface area (Å²) in [6.45, 7) is 7.21. The maximum Gasteiger partial charge on any atom is 0.247 e. The Kier molecular flexibility index (Phi) is 7.97. The third-order valence-corrected chi connectivity index (χ3v) is 6.54. The molecule has 0 fully saturated rings. The normalized spacial score (nSPS) is 11.0. The van der Waals surface area contributed by atoms with Gasteiger partial charge in [0.15, 0.2) is 0 Å². The maximum atomic E-state index is 12.3. The molecule has 0 atom stereocenters. The highest BCUT2D eigenvalue weighted by Gasteiger charge is 2.19. The Morgan fingerprint density at radius 3 is 2.61 bits per heavy atom. The van der Waals surface area contributed by atoms with Crippen LogP contribution in [-0.2, 0) is 11.8 Å². The lowest BCUT2D eigenvalue weighted by molar-refractivity contribution is -0.111. The van der Waals surface area contributed by atoms with Gasteiger partial charge in [0.05, 0.1) is 29.9 Å². The zero-order chi connectivity index (χ0) is 27.4. The second-order valence-corrected chi connectivity index (χ2v) is 9.48. The van der Waals surface area contributed by atoms with Gasteiger partial charge in [-0.1, -0.05) is 24.8 Å². The molecule has 1 amide bonds. The fourth-order valence-electron chi connectivity index (χ4n) is 4.41. The molecular formula is C29H35N7O2. The molecule has 0 bridgehead atoms. The first kappa shape index (κ1) is 26.7. The van der Waals surface area contributed by atoms with Gasteiger partial charge in [-0.15, -0.1) is 0 Å². The fraction of sp³-hybridized carbons (Fsp3) is 0.276. The minimum absolute atomic E-state index is 0.292. The molecule has 0 saturated heterocycles. The third-order valence-electron chi connectivity index (χ3n) is 6.54. The van der Waals surface area contributed by atoms with Crippen LogP contribution in [0, 0.1) is 6.92 Å². The molecule has 9 nitrogen and oxygen atoms in total. The number of carbonyl (C=O) groups is 1. The lowest BCUT2D eigenvalue weighted by Gasteiger charge is -2.26. The molecule has 2 N–H and O–H groups in total. The molecule has 0 aliphatic heterocycles. The number of fused-ring (bicyclic) bond motifs is 1. The summed E-state index contributed by atoms with van der Waals surface area (Å²) in [4.78, 5) is 25.6. The number of nitrogens with one attached hydrogen (secondary N) is 2. The average molecular weight is 514 g/mol. The Balaban J connectivity index is 1.75. The number of hydrogen-bond acceptors (Lipinski definition) is 7. The van der Waals surface area contributed by atoms with E-state index in [9.17, 15) is 4.79 Å². The Morgan fingerprint density at radius 2 is 1.89 bits per heavy atom. The van der Waals surface area contributed by atoms with Crippen LogP contribution in [0.5, 0.6) is 5.75 Å². The number of nitrogens with zero attached hydrogens (tertiary/aromatic N) is 5. The van der Waals surface area contributed by atoms with Crippen LogP contribution in [0.4, 0.5) is 22.9 Å². The molecule has 0 unspecified atom stereocenters. The predicted octanol–water partition coefficient (Wildman–Crippen LogP) is 4.82. The van der Waals surface area contributed by atoms with E-state index in [4.69, 9.17) is 4.74 Å². The molecule has 198 valence electrons. The highest BCUT2D eigenvalue weighted by Crippen LogP contribution is 2.39. The van der Waals surface area contributed by atoms with Crippen LogP contribution in [0.25, 0.3) is 22.2 Å². The number of anilines is 4. The predicted molar refractivity (Wildman–Crippen MR) is 156 cm³/mol. The van der Waals surface area contributed by atoms with Crippen LogP contribution in [0.2, 0.25) is 0 Å². The molecule has 0 aliphatic rings. The summed E-state index contributed by atoms with van der Waals surface area (Å²) in [5.41, 5.74) is 6.05. The molecule has 2 heterocycles. The van der Waals surface area contributed by atoms with Gasteiger partial charge in [0.1, 0.15) is 17.9 Å². The number of likely N-dealkylation sites (N-methyl/N-ethyl adjacent to an activating group) is 2. The zero-order valence-corrected chi connectivity index (χ0v) is 22.9. The quantitative estimate of drug-likeness (QED) is 0.294. The largest absolute Gasteiger partial charge is 0.494 e. The van der Waals surface area contributed by atoms with E-state index in [1.165, 1.54) is 6.08 Å². The van der Waals surface area contributed by atoms with Crippen molar-refractivity contribution in [1.29, 1.82) is 0 Å². The second-order valence-electron chi connectivity index (χ2n) is 9.48. The lowest BCUT2D eigenvalue weighted by atomic mass is 10.1. The second kappa shape index (κ2) is 11.4. The highest BCUT2D eigenvalue weighted by molar-refractivity contribution is 6.02. The van der Waals surface area contributed by atoms with Gasteiger partial charge in [-0.3, -0.25) is 4.79 Å². The van der Waals surface area contributed by atoms with E-state index in [2.05, 4.69) is 59.9 Å². The molecule has 0 aliphatic carbocycles. The number of carbonyl (C=O) groups excluding carboxylic acids is 1. The van der Waals surface area contributed by atoms with Crippen LogP contribution in [0.15, 0.2) is 61.6 Å². The first-order valence-corrected chi connectivity index (χ1v) is 12.4. The Bertz CT molecular complexity index is 1480. The van der Waals surface area contributed by atoms with Crippen molar-refractivity contribution in [2.24, 2.45) is 7.05 Å². The van der Waals surface area contributed by atoms with Crippen molar-refractivity contribution in [2.45, 2.75) is 6.92 Å². The van der Waals surface area contributed by atoms with Crippen molar-refractivity contribution in [1.82, 2.24) is 19.4 Å². The molecular weight excluding hydrogens is 478 g/mol. The van der Waals surface area contributed by atoms with Crippen molar-refractivity contribution in [3.63, 3.8) is 0 Å². The maximum absolute atomic E-state index is 12.3. The summed E-state index contributed by atoms with van der Waals surface area (Å²) in [6, 6.07) is 12.0. The van der Waals surface area contributed by atoms with Gasteiger partial charge in [0, 0.05) is 61.5 Å². The standard InChI is InChI=1S/C29H35N7O2/c1-8-27(37)32-22-15-23(26(38-7)16-25(22)35(5)14-13-34(3)4)33-29-19(2)28(30-18-31-29)21-17-36(6)24-12-10-9-11-20(21)24/h8-12,15-18H,1,13-14H2,2-7H3,(H,32,37)(H,30,31,33). The van der Waals surface area contributed by atoms with Gasteiger partial charge in [-0.05, 0) is 39.2 Å². The summed E-state index contributed by atoms with van der Waals surface area (Å²) in [7, 11) is 9.69. The van der Waals surface area contributed by atoms with Gasteiger partial charge in [0.25, 0.3) is 0 Å². The first-order valence-electron chi connectivity index (χ1n) is 12.4. The van der Waals surface area contributed by atoms with Crippen LogP contribution in [0.1, 0.15) is 5.56 Å². The molecule has 4 aromatic rings. The van der Waals surface area contributed by atoms with E-state index in [1.54, 1.807) is 13.4 Å². The van der Waals surface area contributed by atoms with Crippen molar-refractivity contribution >= 4 is 39.7 Å². The van der Waals surface area contributed by atoms with Crippen LogP contribution < -0.4 is 20.3 Å². The Morgan fingerprint density at radius 1 is 1.13 bits per heavy atom. The number of amides is 1. The van der Waals surface area contributed by atoms with E-state index in [0.717, 1.165) is 46.5 Å². The van der Waals surface area contributed by atoms with Gasteiger partial charge < -0.3 is 29.7 Å². The summed E-state index contributed by atoms with van der Waals surface area (Å²) in [5.74, 6) is 0.980. The molecule has 2 aromatic carbocycles. The molecule has 38 heavy (non-hydrogen) atoms. The van der Waals surface area contributed by atoms with Gasteiger partial charge in [-0.2, -0.15) is 0 Å². The van der Waals surface area contributed by atoms with Gasteiger partial charge in [-0.25, -0.2) is 9.97 Å². The number of rotatable bonds is 10. The number of ether oxygens (including phenoxy) is 1. The number of hydrogen-bond donors (Lipinski definition) is 2. The number of para-hydroxylation sites is 1. The molecule has 0 saturated carbocycles. The van der Waals surface area contributed by atoms with Crippen molar-refractivity contribution < 1.29 is 9.53 Å². The smallest absolute Gasteiger partial charge is 0.247 e. The molecule has 2 aromatic heterocycles. The van der Waals surface area contributed by atoms with Crippen LogP contribution in [0.3, 0.4) is 0 Å².